The predicted molar refractivity (Wildman–Crippen MR) is 155 cm³/mol. The van der Waals surface area contributed by atoms with Gasteiger partial charge in [-0.1, -0.05) is 96.1 Å². The van der Waals surface area contributed by atoms with Crippen molar-refractivity contribution >= 4 is 40.9 Å². The summed E-state index contributed by atoms with van der Waals surface area (Å²) in [5, 5.41) is 4.83. The monoisotopic (exact) mass is 530 g/mol. The van der Waals surface area contributed by atoms with Crippen LogP contribution in [0, 0.1) is 0 Å². The summed E-state index contributed by atoms with van der Waals surface area (Å²) < 4.78 is 0. The van der Waals surface area contributed by atoms with Crippen molar-refractivity contribution in [3.63, 3.8) is 0 Å². The zero-order valence-corrected chi connectivity index (χ0v) is 22.2. The molecule has 6 rings (SSSR count). The molecular weight excluding hydrogens is 503 g/mol. The van der Waals surface area contributed by atoms with Gasteiger partial charge in [-0.05, 0) is 94.5 Å². The molecule has 182 valence electrons. The van der Waals surface area contributed by atoms with E-state index in [0.717, 1.165) is 35.7 Å². The second-order valence-corrected chi connectivity index (χ2v) is 10.4. The van der Waals surface area contributed by atoms with Crippen LogP contribution in [0.15, 0.2) is 84.9 Å². The summed E-state index contributed by atoms with van der Waals surface area (Å²) in [6.07, 6.45) is 4.19. The van der Waals surface area contributed by atoms with Crippen molar-refractivity contribution in [2.24, 2.45) is 5.73 Å². The number of rotatable bonds is 2. The minimum Gasteiger partial charge on any atom is -0.371 e. The van der Waals surface area contributed by atoms with Crippen molar-refractivity contribution in [3.05, 3.63) is 139 Å². The highest BCUT2D eigenvalue weighted by molar-refractivity contribution is 7.78. The lowest BCUT2D eigenvalue weighted by molar-refractivity contribution is 0.774. The van der Waals surface area contributed by atoms with Gasteiger partial charge in [0, 0.05) is 10.0 Å². The van der Waals surface area contributed by atoms with Gasteiger partial charge in [0.2, 0.25) is 0 Å². The SMILES string of the molecule is NC1c2ccccc2CCc2ccc(Cl)cc21.S=CNC1c2ccccc2CCc2ccc(Cl)cc21. The van der Waals surface area contributed by atoms with E-state index in [-0.39, 0.29) is 12.1 Å². The Labute approximate surface area is 228 Å². The van der Waals surface area contributed by atoms with Gasteiger partial charge in [0.1, 0.15) is 0 Å². The highest BCUT2D eigenvalue weighted by Gasteiger charge is 2.23. The number of hydrogen-bond acceptors (Lipinski definition) is 2. The van der Waals surface area contributed by atoms with Crippen molar-refractivity contribution < 1.29 is 0 Å². The molecule has 0 amide bonds. The Balaban J connectivity index is 0.000000149. The Morgan fingerprint density at radius 3 is 1.72 bits per heavy atom. The first kappa shape index (κ1) is 25.0. The average molecular weight is 532 g/mol. The van der Waals surface area contributed by atoms with Crippen molar-refractivity contribution in [1.29, 1.82) is 0 Å². The highest BCUT2D eigenvalue weighted by Crippen LogP contribution is 2.34. The molecule has 4 aromatic rings. The van der Waals surface area contributed by atoms with E-state index >= 15 is 0 Å². The summed E-state index contributed by atoms with van der Waals surface area (Å²) in [5.41, 5.74) is 18.3. The number of fused-ring (bicyclic) bond motifs is 4. The fourth-order valence-electron chi connectivity index (χ4n) is 5.38. The molecule has 0 heterocycles. The molecule has 0 spiro atoms. The van der Waals surface area contributed by atoms with E-state index in [4.69, 9.17) is 41.2 Å². The first-order chi connectivity index (χ1) is 17.5. The molecule has 2 aliphatic carbocycles. The summed E-state index contributed by atoms with van der Waals surface area (Å²) in [4.78, 5) is 0. The van der Waals surface area contributed by atoms with Gasteiger partial charge in [-0.15, -0.1) is 0 Å². The zero-order chi connectivity index (χ0) is 25.1. The number of nitrogens with one attached hydrogen (secondary N) is 1. The minimum absolute atomic E-state index is 0.0533. The van der Waals surface area contributed by atoms with Crippen molar-refractivity contribution in [3.8, 4) is 0 Å². The molecule has 4 aromatic carbocycles. The molecule has 2 nitrogen and oxygen atoms in total. The topological polar surface area (TPSA) is 38.0 Å². The molecule has 0 bridgehead atoms. The largest absolute Gasteiger partial charge is 0.371 e. The molecule has 36 heavy (non-hydrogen) atoms. The molecule has 2 unspecified atom stereocenters. The molecule has 2 atom stereocenters. The van der Waals surface area contributed by atoms with Crippen molar-refractivity contribution in [2.45, 2.75) is 37.8 Å². The molecule has 0 aromatic heterocycles. The zero-order valence-electron chi connectivity index (χ0n) is 19.9. The number of aryl methyl sites for hydroxylation is 4. The van der Waals surface area contributed by atoms with Gasteiger partial charge >= 0.3 is 0 Å². The van der Waals surface area contributed by atoms with Crippen LogP contribution in [0.5, 0.6) is 0 Å². The van der Waals surface area contributed by atoms with E-state index in [1.165, 1.54) is 44.5 Å². The second kappa shape index (κ2) is 11.1. The van der Waals surface area contributed by atoms with Gasteiger partial charge in [-0.25, -0.2) is 0 Å². The molecule has 0 aliphatic heterocycles. The lowest BCUT2D eigenvalue weighted by atomic mass is 9.95. The Kier molecular flexibility index (Phi) is 7.73. The fourth-order valence-corrected chi connectivity index (χ4v) is 5.87. The van der Waals surface area contributed by atoms with Gasteiger partial charge in [0.05, 0.1) is 17.6 Å². The average Bonchev–Trinajstić information content (AvgIpc) is 3.14. The Bertz CT molecular complexity index is 1400. The molecule has 0 saturated heterocycles. The molecule has 2 aliphatic rings. The number of hydrogen-bond donors (Lipinski definition) is 2. The summed E-state index contributed by atoms with van der Waals surface area (Å²) >= 11 is 17.2. The van der Waals surface area contributed by atoms with Gasteiger partial charge in [0.25, 0.3) is 0 Å². The first-order valence-corrected chi connectivity index (χ1v) is 13.5. The standard InChI is InChI=1S/C16H14ClNS.C15H14ClN/c17-13-8-7-12-6-5-11-3-1-2-4-14(11)16(18-10-19)15(12)9-13;16-12-8-7-11-6-5-10-3-1-2-4-13(10)15(17)14(11)9-12/h1-4,7-10,16H,5-6H2,(H,18,19);1-4,7-9,15H,5-6,17H2. The van der Waals surface area contributed by atoms with E-state index in [2.05, 4.69) is 66.0 Å². The smallest absolute Gasteiger partial charge is 0.0775 e. The quantitative estimate of drug-likeness (QED) is 0.262. The summed E-state index contributed by atoms with van der Waals surface area (Å²) in [6.45, 7) is 0. The van der Waals surface area contributed by atoms with Crippen molar-refractivity contribution in [1.82, 2.24) is 5.32 Å². The predicted octanol–water partition coefficient (Wildman–Crippen LogP) is 7.56. The molecule has 0 saturated carbocycles. The number of benzene rings is 4. The van der Waals surface area contributed by atoms with Crippen molar-refractivity contribution in [2.75, 3.05) is 0 Å². The minimum atomic E-state index is -0.0533. The second-order valence-electron chi connectivity index (χ2n) is 9.28. The fraction of sp³-hybridized carbons (Fsp3) is 0.194. The van der Waals surface area contributed by atoms with E-state index in [9.17, 15) is 0 Å². The maximum absolute atomic E-state index is 6.37. The van der Waals surface area contributed by atoms with Crippen LogP contribution in [0.25, 0.3) is 0 Å². The molecule has 5 heteroatoms. The van der Waals surface area contributed by atoms with Gasteiger partial charge in [0.15, 0.2) is 0 Å². The van der Waals surface area contributed by atoms with Crippen LogP contribution in [-0.2, 0) is 25.7 Å². The van der Waals surface area contributed by atoms with Gasteiger partial charge < -0.3 is 11.1 Å². The molecular formula is C31H28Cl2N2S. The van der Waals surface area contributed by atoms with E-state index in [1.807, 2.05) is 24.3 Å². The normalized spacial score (nSPS) is 17.5. The number of halogens is 2. The summed E-state index contributed by atoms with van der Waals surface area (Å²) in [5.74, 6) is 0. The Morgan fingerprint density at radius 1 is 0.639 bits per heavy atom. The van der Waals surface area contributed by atoms with Crippen LogP contribution in [0.1, 0.15) is 56.6 Å². The molecule has 0 fully saturated rings. The summed E-state index contributed by atoms with van der Waals surface area (Å²) in [6, 6.07) is 29.2. The van der Waals surface area contributed by atoms with Gasteiger partial charge in [-0.2, -0.15) is 0 Å². The maximum Gasteiger partial charge on any atom is 0.0775 e. The van der Waals surface area contributed by atoms with Crippen LogP contribution in [0.3, 0.4) is 0 Å². The van der Waals surface area contributed by atoms with Gasteiger partial charge in [-0.3, -0.25) is 0 Å². The lowest BCUT2D eigenvalue weighted by Crippen LogP contribution is -2.21. The third-order valence-electron chi connectivity index (χ3n) is 7.18. The summed E-state index contributed by atoms with van der Waals surface area (Å²) in [7, 11) is 0. The highest BCUT2D eigenvalue weighted by atomic mass is 35.5. The first-order valence-electron chi connectivity index (χ1n) is 12.2. The van der Waals surface area contributed by atoms with E-state index in [0.29, 0.717) is 0 Å². The van der Waals surface area contributed by atoms with Crippen LogP contribution < -0.4 is 11.1 Å². The van der Waals surface area contributed by atoms with Crippen LogP contribution in [0.2, 0.25) is 10.0 Å². The number of thiocarbonyl (C=S) groups is 1. The lowest BCUT2D eigenvalue weighted by Gasteiger charge is -2.20. The van der Waals surface area contributed by atoms with E-state index in [1.54, 1.807) is 5.49 Å². The van der Waals surface area contributed by atoms with Crippen LogP contribution >= 0.6 is 35.4 Å². The third-order valence-corrected chi connectivity index (χ3v) is 7.79. The van der Waals surface area contributed by atoms with Crippen LogP contribution in [-0.4, -0.2) is 5.49 Å². The molecule has 3 N–H and O–H groups in total. The Hall–Kier alpha value is -2.69. The Morgan fingerprint density at radius 2 is 1.11 bits per heavy atom. The van der Waals surface area contributed by atoms with E-state index < -0.39 is 0 Å². The third kappa shape index (κ3) is 5.21. The maximum atomic E-state index is 6.37. The number of nitrogens with two attached hydrogens (primary N) is 1. The molecule has 0 radical (unpaired) electrons. The van der Waals surface area contributed by atoms with Crippen LogP contribution in [0.4, 0.5) is 0 Å².